The maximum atomic E-state index is 14.0. The van der Waals surface area contributed by atoms with E-state index in [0.717, 1.165) is 40.4 Å². The van der Waals surface area contributed by atoms with Crippen molar-refractivity contribution in [3.05, 3.63) is 75.2 Å². The van der Waals surface area contributed by atoms with Crippen molar-refractivity contribution in [1.82, 2.24) is 0 Å². The van der Waals surface area contributed by atoms with Crippen LogP contribution in [0.4, 0.5) is 8.78 Å². The van der Waals surface area contributed by atoms with Gasteiger partial charge in [-0.1, -0.05) is 11.1 Å². The van der Waals surface area contributed by atoms with Gasteiger partial charge in [0.05, 0.1) is 20.6 Å². The highest BCUT2D eigenvalue weighted by atomic mass is 127. The van der Waals surface area contributed by atoms with Crippen LogP contribution in [-0.4, -0.2) is 0 Å². The molecule has 2 spiro atoms. The first-order chi connectivity index (χ1) is 17.7. The lowest BCUT2D eigenvalue weighted by Gasteiger charge is -2.24. The second-order valence-corrected chi connectivity index (χ2v) is 14.8. The van der Waals surface area contributed by atoms with Crippen LogP contribution in [0.2, 0.25) is 0 Å². The lowest BCUT2D eigenvalue weighted by molar-refractivity contribution is 0.459. The average Bonchev–Trinajstić information content (AvgIpc) is 3.74. The number of halogens is 5. The summed E-state index contributed by atoms with van der Waals surface area (Å²) in [5, 5.41) is 9.22. The van der Waals surface area contributed by atoms with E-state index in [0.29, 0.717) is 25.3 Å². The molecule has 37 heavy (non-hydrogen) atoms. The van der Waals surface area contributed by atoms with Crippen molar-refractivity contribution in [2.75, 3.05) is 0 Å². The third kappa shape index (κ3) is 4.04. The number of rotatable bonds is 0. The van der Waals surface area contributed by atoms with Crippen molar-refractivity contribution in [1.29, 1.82) is 5.26 Å². The molecule has 0 saturated heterocycles. The fraction of sp³-hybridized carbons (Fsp3) is 0.452. The molecule has 0 radical (unpaired) electrons. The van der Waals surface area contributed by atoms with Gasteiger partial charge in [0.15, 0.2) is 0 Å². The van der Waals surface area contributed by atoms with Crippen LogP contribution in [0.25, 0.3) is 11.1 Å². The minimum absolute atomic E-state index is 0.109. The van der Waals surface area contributed by atoms with Crippen molar-refractivity contribution < 1.29 is 8.78 Å². The minimum atomic E-state index is -0.306. The van der Waals surface area contributed by atoms with Crippen LogP contribution in [0.5, 0.6) is 0 Å². The van der Waals surface area contributed by atoms with Crippen molar-refractivity contribution in [2.45, 2.75) is 77.0 Å². The first kappa shape index (κ1) is 25.0. The fourth-order valence-electron chi connectivity index (χ4n) is 7.25. The summed E-state index contributed by atoms with van der Waals surface area (Å²) < 4.78 is 30.2. The Hall–Kier alpha value is -1.04. The van der Waals surface area contributed by atoms with Gasteiger partial charge in [-0.05, 0) is 188 Å². The number of hydrogen-bond acceptors (Lipinski definition) is 1. The van der Waals surface area contributed by atoms with Crippen LogP contribution in [-0.2, 0) is 12.8 Å². The molecule has 6 heteroatoms. The molecule has 0 unspecified atom stereocenters. The Morgan fingerprint density at radius 1 is 0.757 bits per heavy atom. The van der Waals surface area contributed by atoms with Crippen LogP contribution in [0, 0.1) is 37.4 Å². The third-order valence-corrected chi connectivity index (χ3v) is 12.4. The maximum Gasteiger partial charge on any atom is 0.139 e. The summed E-state index contributed by atoms with van der Waals surface area (Å²) >= 11 is 9.15. The molecule has 0 atom stereocenters. The highest BCUT2D eigenvalue weighted by Gasteiger charge is 2.48. The molecular formula is C31H26Br2F2IN. The molecule has 0 heterocycles. The molecule has 2 saturated carbocycles. The molecule has 6 aliphatic rings. The Kier molecular flexibility index (Phi) is 5.89. The van der Waals surface area contributed by atoms with Gasteiger partial charge in [0, 0.05) is 3.57 Å². The number of hydrogen-bond donors (Lipinski definition) is 0. The van der Waals surface area contributed by atoms with Gasteiger partial charge in [-0.2, -0.15) is 5.26 Å². The molecule has 0 amide bonds. The molecule has 2 aromatic rings. The summed E-state index contributed by atoms with van der Waals surface area (Å²) in [7, 11) is 0. The number of allylic oxidation sites excluding steroid dienone is 4. The van der Waals surface area contributed by atoms with Gasteiger partial charge >= 0.3 is 0 Å². The molecule has 8 rings (SSSR count). The summed E-state index contributed by atoms with van der Waals surface area (Å²) in [6.07, 6.45) is 14.6. The molecule has 1 nitrogen and oxygen atoms in total. The van der Waals surface area contributed by atoms with Crippen LogP contribution in [0.15, 0.2) is 32.2 Å². The molecule has 190 valence electrons. The standard InChI is InChI=1S/C16H13BrFN.C15H13BrFI/c17-15-13(18)6-10(8-19)11-5-9-1-2-16(3-4-16)7-12(9)14(11)15;16-14-11(17)6-12(18)9-5-8-1-2-15(3-4-15)7-10(8)13(9)14/h6H,1-5,7H2;6H,1-5,7H2. The smallest absolute Gasteiger partial charge is 0.139 e. The van der Waals surface area contributed by atoms with Crippen LogP contribution in [0.1, 0.15) is 92.0 Å². The van der Waals surface area contributed by atoms with Crippen molar-refractivity contribution in [3.8, 4) is 6.07 Å². The van der Waals surface area contributed by atoms with Crippen LogP contribution >= 0.6 is 54.5 Å². The molecule has 2 aromatic carbocycles. The van der Waals surface area contributed by atoms with Crippen molar-refractivity contribution >= 4 is 65.6 Å². The molecule has 0 aromatic heterocycles. The third-order valence-electron chi connectivity index (χ3n) is 9.89. The minimum Gasteiger partial charge on any atom is -0.206 e. The second kappa shape index (κ2) is 8.73. The van der Waals surface area contributed by atoms with Gasteiger partial charge < -0.3 is 0 Å². The Labute approximate surface area is 247 Å². The topological polar surface area (TPSA) is 23.8 Å². The molecule has 6 aliphatic carbocycles. The average molecular weight is 737 g/mol. The van der Waals surface area contributed by atoms with E-state index in [-0.39, 0.29) is 11.6 Å². The van der Waals surface area contributed by atoms with Gasteiger partial charge in [-0.15, -0.1) is 0 Å². The zero-order valence-electron chi connectivity index (χ0n) is 20.5. The molecule has 0 N–H and O–H groups in total. The lowest BCUT2D eigenvalue weighted by Crippen LogP contribution is -2.08. The predicted octanol–water partition coefficient (Wildman–Crippen LogP) is 10.2. The van der Waals surface area contributed by atoms with Crippen molar-refractivity contribution in [2.24, 2.45) is 10.8 Å². The largest absolute Gasteiger partial charge is 0.206 e. The maximum absolute atomic E-state index is 14.0. The fourth-order valence-corrected chi connectivity index (χ4v) is 9.17. The van der Waals surface area contributed by atoms with E-state index in [9.17, 15) is 14.0 Å². The van der Waals surface area contributed by atoms with Gasteiger partial charge in [0.1, 0.15) is 11.6 Å². The molecular weight excluding hydrogens is 711 g/mol. The highest BCUT2D eigenvalue weighted by Crippen LogP contribution is 2.63. The number of nitrogens with zero attached hydrogens (tertiary/aromatic N) is 1. The van der Waals surface area contributed by atoms with E-state index in [4.69, 9.17) is 0 Å². The SMILES string of the molecule is Fc1cc(I)c2c(c1Br)C1=C(CCC3(CC3)C1)C2.N#Cc1cc(F)c(Br)c2c1CC1=C2CC2(CC1)CC2. The summed E-state index contributed by atoms with van der Waals surface area (Å²) in [5.74, 6) is -0.415. The van der Waals surface area contributed by atoms with E-state index in [1.807, 2.05) is 0 Å². The molecule has 0 bridgehead atoms. The van der Waals surface area contributed by atoms with Gasteiger partial charge in [-0.25, -0.2) is 8.78 Å². The van der Waals surface area contributed by atoms with E-state index >= 15 is 0 Å². The Morgan fingerprint density at radius 2 is 1.24 bits per heavy atom. The summed E-state index contributed by atoms with van der Waals surface area (Å²) in [6, 6.07) is 5.18. The first-order valence-electron chi connectivity index (χ1n) is 13.2. The van der Waals surface area contributed by atoms with E-state index in [1.165, 1.54) is 85.3 Å². The number of fused-ring (bicyclic) bond motifs is 4. The zero-order chi connectivity index (χ0) is 25.7. The van der Waals surface area contributed by atoms with Gasteiger partial charge in [0.25, 0.3) is 0 Å². The van der Waals surface area contributed by atoms with Crippen LogP contribution in [0.3, 0.4) is 0 Å². The summed E-state index contributed by atoms with van der Waals surface area (Å²) in [6.45, 7) is 0. The van der Waals surface area contributed by atoms with Gasteiger partial charge in [-0.3, -0.25) is 0 Å². The zero-order valence-corrected chi connectivity index (χ0v) is 25.8. The monoisotopic (exact) mass is 735 g/mol. The Morgan fingerprint density at radius 3 is 1.76 bits per heavy atom. The van der Waals surface area contributed by atoms with E-state index < -0.39 is 0 Å². The van der Waals surface area contributed by atoms with Crippen LogP contribution < -0.4 is 0 Å². The predicted molar refractivity (Wildman–Crippen MR) is 158 cm³/mol. The Bertz CT molecular complexity index is 1500. The molecule has 2 fully saturated rings. The first-order valence-corrected chi connectivity index (χ1v) is 15.9. The summed E-state index contributed by atoms with van der Waals surface area (Å²) in [4.78, 5) is 0. The quantitative estimate of drug-likeness (QED) is 0.195. The van der Waals surface area contributed by atoms with E-state index in [2.05, 4.69) is 60.5 Å². The second-order valence-electron chi connectivity index (χ2n) is 12.1. The molecule has 0 aliphatic heterocycles. The number of benzene rings is 2. The lowest BCUT2D eigenvalue weighted by atomic mass is 9.81. The normalized spacial score (nSPS) is 22.7. The van der Waals surface area contributed by atoms with Crippen molar-refractivity contribution in [3.63, 3.8) is 0 Å². The number of nitriles is 1. The van der Waals surface area contributed by atoms with E-state index in [1.54, 1.807) is 11.6 Å². The summed E-state index contributed by atoms with van der Waals surface area (Å²) in [5.41, 5.74) is 12.0. The Balaban J connectivity index is 0.000000125. The highest BCUT2D eigenvalue weighted by molar-refractivity contribution is 14.1. The van der Waals surface area contributed by atoms with Gasteiger partial charge in [0.2, 0.25) is 0 Å².